The minimum atomic E-state index is 0.280. The minimum absolute atomic E-state index is 0.280. The number of nitrogens with zero attached hydrogens (tertiary/aromatic N) is 1. The number of benzene rings is 1. The summed E-state index contributed by atoms with van der Waals surface area (Å²) in [6, 6.07) is 10.7. The first-order valence-corrected chi connectivity index (χ1v) is 5.03. The van der Waals surface area contributed by atoms with E-state index >= 15 is 0 Å². The standard InChI is InChI=1S/C12H8ClNO2/c13-11-4-1-5-12(10(11)7-14)16-8-9-3-2-6-15-9/h1-6H,8H2. The van der Waals surface area contributed by atoms with Crippen LogP contribution in [0.2, 0.25) is 5.02 Å². The van der Waals surface area contributed by atoms with Crippen LogP contribution in [0.4, 0.5) is 0 Å². The lowest BCUT2D eigenvalue weighted by molar-refractivity contribution is 0.269. The quantitative estimate of drug-likeness (QED) is 0.816. The van der Waals surface area contributed by atoms with Gasteiger partial charge in [-0.1, -0.05) is 17.7 Å². The highest BCUT2D eigenvalue weighted by Gasteiger charge is 2.07. The average Bonchev–Trinajstić information content (AvgIpc) is 2.79. The van der Waals surface area contributed by atoms with E-state index in [2.05, 4.69) is 0 Å². The van der Waals surface area contributed by atoms with Gasteiger partial charge in [0.15, 0.2) is 0 Å². The van der Waals surface area contributed by atoms with Gasteiger partial charge in [0.1, 0.15) is 29.7 Å². The number of hydrogen-bond acceptors (Lipinski definition) is 3. The van der Waals surface area contributed by atoms with Crippen molar-refractivity contribution in [2.24, 2.45) is 0 Å². The molecule has 0 saturated carbocycles. The van der Waals surface area contributed by atoms with Crippen molar-refractivity contribution in [3.8, 4) is 11.8 Å². The lowest BCUT2D eigenvalue weighted by Crippen LogP contribution is -1.96. The van der Waals surface area contributed by atoms with Crippen molar-refractivity contribution in [1.82, 2.24) is 0 Å². The number of ether oxygens (including phenoxy) is 1. The molecule has 0 aliphatic carbocycles. The zero-order valence-electron chi connectivity index (χ0n) is 8.31. The molecule has 0 bridgehead atoms. The molecule has 3 nitrogen and oxygen atoms in total. The van der Waals surface area contributed by atoms with E-state index in [0.29, 0.717) is 22.1 Å². The van der Waals surface area contributed by atoms with Gasteiger partial charge >= 0.3 is 0 Å². The van der Waals surface area contributed by atoms with Crippen LogP contribution >= 0.6 is 11.6 Å². The highest BCUT2D eigenvalue weighted by Crippen LogP contribution is 2.25. The van der Waals surface area contributed by atoms with Gasteiger partial charge in [0.05, 0.1) is 11.3 Å². The summed E-state index contributed by atoms with van der Waals surface area (Å²) in [7, 11) is 0. The van der Waals surface area contributed by atoms with E-state index in [1.807, 2.05) is 6.07 Å². The molecule has 0 N–H and O–H groups in total. The fraction of sp³-hybridized carbons (Fsp3) is 0.0833. The molecule has 1 aromatic carbocycles. The molecule has 0 spiro atoms. The number of halogens is 1. The van der Waals surface area contributed by atoms with Crippen molar-refractivity contribution in [1.29, 1.82) is 5.26 Å². The number of nitriles is 1. The van der Waals surface area contributed by atoms with Crippen molar-refractivity contribution in [3.05, 3.63) is 52.9 Å². The first-order chi connectivity index (χ1) is 7.81. The molecule has 0 fully saturated rings. The number of hydrogen-bond donors (Lipinski definition) is 0. The molecule has 1 aromatic heterocycles. The Hall–Kier alpha value is -1.92. The lowest BCUT2D eigenvalue weighted by atomic mass is 10.2. The maximum Gasteiger partial charge on any atom is 0.146 e. The normalized spacial score (nSPS) is 9.75. The monoisotopic (exact) mass is 233 g/mol. The summed E-state index contributed by atoms with van der Waals surface area (Å²) in [6.45, 7) is 0.280. The Morgan fingerprint density at radius 1 is 1.31 bits per heavy atom. The Bertz CT molecular complexity index is 514. The van der Waals surface area contributed by atoms with Crippen LogP contribution in [0, 0.1) is 11.3 Å². The zero-order valence-corrected chi connectivity index (χ0v) is 9.07. The average molecular weight is 234 g/mol. The van der Waals surface area contributed by atoms with Crippen LogP contribution in [-0.4, -0.2) is 0 Å². The lowest BCUT2D eigenvalue weighted by Gasteiger charge is -2.06. The van der Waals surface area contributed by atoms with Gasteiger partial charge in [0, 0.05) is 0 Å². The van der Waals surface area contributed by atoms with E-state index in [9.17, 15) is 0 Å². The van der Waals surface area contributed by atoms with Crippen LogP contribution in [0.15, 0.2) is 41.0 Å². The molecule has 2 rings (SSSR count). The molecule has 0 aliphatic rings. The van der Waals surface area contributed by atoms with Gasteiger partial charge in [0.25, 0.3) is 0 Å². The van der Waals surface area contributed by atoms with Crippen LogP contribution in [0.25, 0.3) is 0 Å². The van der Waals surface area contributed by atoms with Gasteiger partial charge in [-0.2, -0.15) is 5.26 Å². The molecule has 0 aliphatic heterocycles. The van der Waals surface area contributed by atoms with E-state index in [1.165, 1.54) is 0 Å². The second-order valence-corrected chi connectivity index (χ2v) is 3.50. The van der Waals surface area contributed by atoms with Gasteiger partial charge < -0.3 is 9.15 Å². The third kappa shape index (κ3) is 2.18. The van der Waals surface area contributed by atoms with Crippen molar-refractivity contribution < 1.29 is 9.15 Å². The molecule has 80 valence electrons. The first-order valence-electron chi connectivity index (χ1n) is 4.65. The molecule has 0 atom stereocenters. The largest absolute Gasteiger partial charge is 0.484 e. The molecule has 2 aromatic rings. The van der Waals surface area contributed by atoms with Crippen LogP contribution in [0.3, 0.4) is 0 Å². The van der Waals surface area contributed by atoms with E-state index in [1.54, 1.807) is 36.6 Å². The molecule has 16 heavy (non-hydrogen) atoms. The van der Waals surface area contributed by atoms with Crippen LogP contribution in [-0.2, 0) is 6.61 Å². The molecule has 0 radical (unpaired) electrons. The molecular weight excluding hydrogens is 226 g/mol. The van der Waals surface area contributed by atoms with Crippen molar-refractivity contribution in [3.63, 3.8) is 0 Å². The Labute approximate surface area is 97.8 Å². The minimum Gasteiger partial charge on any atom is -0.484 e. The molecule has 1 heterocycles. The fourth-order valence-electron chi connectivity index (χ4n) is 1.28. The molecule has 0 unspecified atom stereocenters. The Kier molecular flexibility index (Phi) is 3.13. The maximum atomic E-state index is 8.92. The van der Waals surface area contributed by atoms with Crippen molar-refractivity contribution in [2.75, 3.05) is 0 Å². The summed E-state index contributed by atoms with van der Waals surface area (Å²) in [6.07, 6.45) is 1.57. The van der Waals surface area contributed by atoms with Crippen LogP contribution in [0.1, 0.15) is 11.3 Å². The summed E-state index contributed by atoms with van der Waals surface area (Å²) in [5.41, 5.74) is 0.343. The smallest absolute Gasteiger partial charge is 0.146 e. The fourth-order valence-corrected chi connectivity index (χ4v) is 1.48. The van der Waals surface area contributed by atoms with E-state index < -0.39 is 0 Å². The Morgan fingerprint density at radius 2 is 2.19 bits per heavy atom. The second-order valence-electron chi connectivity index (χ2n) is 3.09. The molecule has 0 amide bonds. The van der Waals surface area contributed by atoms with Crippen LogP contribution < -0.4 is 4.74 Å². The van der Waals surface area contributed by atoms with Gasteiger partial charge in [0.2, 0.25) is 0 Å². The summed E-state index contributed by atoms with van der Waals surface area (Å²) in [5, 5.41) is 9.31. The predicted octanol–water partition coefficient (Wildman–Crippen LogP) is 3.38. The van der Waals surface area contributed by atoms with Crippen molar-refractivity contribution >= 4 is 11.6 Å². The van der Waals surface area contributed by atoms with Gasteiger partial charge in [-0.05, 0) is 24.3 Å². The predicted molar refractivity (Wildman–Crippen MR) is 59.2 cm³/mol. The van der Waals surface area contributed by atoms with Crippen LogP contribution in [0.5, 0.6) is 5.75 Å². The molecule has 0 saturated heterocycles. The molecule has 4 heteroatoms. The SMILES string of the molecule is N#Cc1c(Cl)cccc1OCc1ccco1. The maximum absolute atomic E-state index is 8.92. The second kappa shape index (κ2) is 4.73. The zero-order chi connectivity index (χ0) is 11.4. The summed E-state index contributed by atoms with van der Waals surface area (Å²) in [5.74, 6) is 1.16. The third-order valence-electron chi connectivity index (χ3n) is 2.04. The number of furan rings is 1. The van der Waals surface area contributed by atoms with Gasteiger partial charge in [-0.25, -0.2) is 0 Å². The van der Waals surface area contributed by atoms with Gasteiger partial charge in [-0.15, -0.1) is 0 Å². The Morgan fingerprint density at radius 3 is 2.88 bits per heavy atom. The van der Waals surface area contributed by atoms with Crippen molar-refractivity contribution in [2.45, 2.75) is 6.61 Å². The molecular formula is C12H8ClNO2. The van der Waals surface area contributed by atoms with E-state index in [0.717, 1.165) is 0 Å². The van der Waals surface area contributed by atoms with E-state index in [-0.39, 0.29) is 6.61 Å². The topological polar surface area (TPSA) is 46.2 Å². The highest BCUT2D eigenvalue weighted by molar-refractivity contribution is 6.31. The summed E-state index contributed by atoms with van der Waals surface area (Å²) in [4.78, 5) is 0. The number of rotatable bonds is 3. The summed E-state index contributed by atoms with van der Waals surface area (Å²) < 4.78 is 10.6. The third-order valence-corrected chi connectivity index (χ3v) is 2.35. The first kappa shape index (κ1) is 10.6. The van der Waals surface area contributed by atoms with Gasteiger partial charge in [-0.3, -0.25) is 0 Å². The Balaban J connectivity index is 2.16. The highest BCUT2D eigenvalue weighted by atomic mass is 35.5. The van der Waals surface area contributed by atoms with E-state index in [4.69, 9.17) is 26.0 Å². The summed E-state index contributed by atoms with van der Waals surface area (Å²) >= 11 is 5.86.